The van der Waals surface area contributed by atoms with Crippen LogP contribution < -0.4 is 0 Å². The van der Waals surface area contributed by atoms with Gasteiger partial charge in [-0.3, -0.25) is 14.6 Å². The lowest BCUT2D eigenvalue weighted by molar-refractivity contribution is -0.130. The van der Waals surface area contributed by atoms with Crippen LogP contribution in [0.1, 0.15) is 30.1 Å². The van der Waals surface area contributed by atoms with Gasteiger partial charge in [0.2, 0.25) is 5.91 Å². The highest BCUT2D eigenvalue weighted by Gasteiger charge is 2.21. The Bertz CT molecular complexity index is 447. The summed E-state index contributed by atoms with van der Waals surface area (Å²) in [6.07, 6.45) is 4.59. The predicted molar refractivity (Wildman–Crippen MR) is 71.6 cm³/mol. The van der Waals surface area contributed by atoms with Crippen LogP contribution >= 0.6 is 0 Å². The highest BCUT2D eigenvalue weighted by Crippen LogP contribution is 2.09. The van der Waals surface area contributed by atoms with Crippen LogP contribution in [0.2, 0.25) is 0 Å². The predicted octanol–water partition coefficient (Wildman–Crippen LogP) is 1.17. The van der Waals surface area contributed by atoms with E-state index in [1.807, 2.05) is 11.8 Å². The van der Waals surface area contributed by atoms with E-state index in [0.717, 1.165) is 13.0 Å². The van der Waals surface area contributed by atoms with Crippen LogP contribution in [0, 0.1) is 0 Å². The van der Waals surface area contributed by atoms with Crippen LogP contribution in [0.15, 0.2) is 24.5 Å². The third kappa shape index (κ3) is 3.30. The number of pyridine rings is 1. The zero-order valence-corrected chi connectivity index (χ0v) is 11.2. The largest absolute Gasteiger partial charge is 0.341 e. The molecule has 102 valence electrons. The van der Waals surface area contributed by atoms with Gasteiger partial charge in [-0.2, -0.15) is 0 Å². The normalized spacial score (nSPS) is 16.1. The first kappa shape index (κ1) is 13.5. The standard InChI is InChI=1S/C14H19N3O2/c1-2-13(18)16-7-4-8-17(10-9-16)14(19)12-5-3-6-15-11-12/h3,5-6,11H,2,4,7-10H2,1H3. The Labute approximate surface area is 113 Å². The molecule has 0 N–H and O–H groups in total. The van der Waals surface area contributed by atoms with Gasteiger partial charge in [0.05, 0.1) is 5.56 Å². The van der Waals surface area contributed by atoms with Crippen molar-refractivity contribution in [1.29, 1.82) is 0 Å². The summed E-state index contributed by atoms with van der Waals surface area (Å²) in [6, 6.07) is 3.53. The summed E-state index contributed by atoms with van der Waals surface area (Å²) < 4.78 is 0. The van der Waals surface area contributed by atoms with Gasteiger partial charge in [-0.25, -0.2) is 0 Å². The molecule has 5 heteroatoms. The van der Waals surface area contributed by atoms with Crippen LogP contribution in [-0.2, 0) is 4.79 Å². The Hall–Kier alpha value is -1.91. The topological polar surface area (TPSA) is 53.5 Å². The Morgan fingerprint density at radius 1 is 1.21 bits per heavy atom. The van der Waals surface area contributed by atoms with Gasteiger partial charge in [0.25, 0.3) is 5.91 Å². The van der Waals surface area contributed by atoms with Crippen LogP contribution in [-0.4, -0.2) is 52.8 Å². The first-order chi connectivity index (χ1) is 9.22. The van der Waals surface area contributed by atoms with Gasteiger partial charge in [0.1, 0.15) is 0 Å². The summed E-state index contributed by atoms with van der Waals surface area (Å²) in [4.78, 5) is 31.6. The van der Waals surface area contributed by atoms with Crippen LogP contribution in [0.4, 0.5) is 0 Å². The molecule has 0 radical (unpaired) electrons. The second-order valence-electron chi connectivity index (χ2n) is 4.62. The van der Waals surface area contributed by atoms with Crippen LogP contribution in [0.3, 0.4) is 0 Å². The van der Waals surface area contributed by atoms with Crippen molar-refractivity contribution < 1.29 is 9.59 Å². The molecular weight excluding hydrogens is 242 g/mol. The van der Waals surface area contributed by atoms with Crippen molar-refractivity contribution in [2.75, 3.05) is 26.2 Å². The molecule has 0 bridgehead atoms. The van der Waals surface area contributed by atoms with Crippen molar-refractivity contribution in [3.8, 4) is 0 Å². The molecule has 1 saturated heterocycles. The fourth-order valence-corrected chi connectivity index (χ4v) is 2.27. The van der Waals surface area contributed by atoms with E-state index in [9.17, 15) is 9.59 Å². The average Bonchev–Trinajstić information content (AvgIpc) is 2.72. The molecule has 5 nitrogen and oxygen atoms in total. The van der Waals surface area contributed by atoms with Crippen molar-refractivity contribution in [3.05, 3.63) is 30.1 Å². The van der Waals surface area contributed by atoms with Crippen molar-refractivity contribution in [1.82, 2.24) is 14.8 Å². The van der Waals surface area contributed by atoms with E-state index in [2.05, 4.69) is 4.98 Å². The molecule has 19 heavy (non-hydrogen) atoms. The molecule has 0 saturated carbocycles. The van der Waals surface area contributed by atoms with Crippen molar-refractivity contribution in [3.63, 3.8) is 0 Å². The molecule has 0 atom stereocenters. The maximum Gasteiger partial charge on any atom is 0.255 e. The minimum atomic E-state index is -0.00102. The molecule has 0 spiro atoms. The van der Waals surface area contributed by atoms with E-state index in [0.29, 0.717) is 31.6 Å². The molecule has 0 unspecified atom stereocenters. The van der Waals surface area contributed by atoms with E-state index in [1.54, 1.807) is 29.4 Å². The smallest absolute Gasteiger partial charge is 0.255 e. The van der Waals surface area contributed by atoms with Crippen LogP contribution in [0.5, 0.6) is 0 Å². The van der Waals surface area contributed by atoms with Crippen molar-refractivity contribution in [2.24, 2.45) is 0 Å². The first-order valence-electron chi connectivity index (χ1n) is 6.69. The second kappa shape index (κ2) is 6.31. The molecule has 1 aromatic rings. The highest BCUT2D eigenvalue weighted by molar-refractivity contribution is 5.93. The molecule has 1 aliphatic heterocycles. The van der Waals surface area contributed by atoms with E-state index >= 15 is 0 Å². The molecule has 0 aliphatic carbocycles. The third-order valence-electron chi connectivity index (χ3n) is 3.35. The fourth-order valence-electron chi connectivity index (χ4n) is 2.27. The fraction of sp³-hybridized carbons (Fsp3) is 0.500. The lowest BCUT2D eigenvalue weighted by atomic mass is 10.2. The van der Waals surface area contributed by atoms with Gasteiger partial charge in [-0.05, 0) is 18.6 Å². The van der Waals surface area contributed by atoms with E-state index in [1.165, 1.54) is 0 Å². The Kier molecular flexibility index (Phi) is 4.49. The minimum absolute atomic E-state index is 0.00102. The zero-order valence-electron chi connectivity index (χ0n) is 11.2. The Morgan fingerprint density at radius 2 is 1.95 bits per heavy atom. The molecule has 2 heterocycles. The van der Waals surface area contributed by atoms with E-state index in [4.69, 9.17) is 0 Å². The lowest BCUT2D eigenvalue weighted by Gasteiger charge is -2.21. The molecule has 2 rings (SSSR count). The van der Waals surface area contributed by atoms with Crippen molar-refractivity contribution in [2.45, 2.75) is 19.8 Å². The van der Waals surface area contributed by atoms with Gasteiger partial charge in [0, 0.05) is 45.0 Å². The minimum Gasteiger partial charge on any atom is -0.341 e. The number of carbonyl (C=O) groups is 2. The maximum atomic E-state index is 12.3. The van der Waals surface area contributed by atoms with Crippen molar-refractivity contribution >= 4 is 11.8 Å². The SMILES string of the molecule is CCC(=O)N1CCCN(C(=O)c2cccnc2)CC1. The summed E-state index contributed by atoms with van der Waals surface area (Å²) in [7, 11) is 0. The summed E-state index contributed by atoms with van der Waals surface area (Å²) in [5, 5.41) is 0. The van der Waals surface area contributed by atoms with Gasteiger partial charge in [-0.15, -0.1) is 0 Å². The van der Waals surface area contributed by atoms with E-state index < -0.39 is 0 Å². The monoisotopic (exact) mass is 261 g/mol. The van der Waals surface area contributed by atoms with Gasteiger partial charge in [0.15, 0.2) is 0 Å². The Balaban J connectivity index is 2.00. The van der Waals surface area contributed by atoms with Gasteiger partial charge in [-0.1, -0.05) is 6.92 Å². The number of hydrogen-bond donors (Lipinski definition) is 0. The summed E-state index contributed by atoms with van der Waals surface area (Å²) in [5.41, 5.74) is 0.609. The third-order valence-corrected chi connectivity index (χ3v) is 3.35. The number of nitrogens with zero attached hydrogens (tertiary/aromatic N) is 3. The second-order valence-corrected chi connectivity index (χ2v) is 4.62. The summed E-state index contributed by atoms with van der Waals surface area (Å²) >= 11 is 0. The number of hydrogen-bond acceptors (Lipinski definition) is 3. The van der Waals surface area contributed by atoms with Crippen LogP contribution in [0.25, 0.3) is 0 Å². The summed E-state index contributed by atoms with van der Waals surface area (Å²) in [6.45, 7) is 4.52. The maximum absolute atomic E-state index is 12.3. The average molecular weight is 261 g/mol. The Morgan fingerprint density at radius 3 is 2.63 bits per heavy atom. The molecule has 2 amide bonds. The number of amides is 2. The number of rotatable bonds is 2. The molecule has 1 aliphatic rings. The number of aromatic nitrogens is 1. The van der Waals surface area contributed by atoms with Gasteiger partial charge < -0.3 is 9.80 Å². The van der Waals surface area contributed by atoms with Gasteiger partial charge >= 0.3 is 0 Å². The molecule has 0 aromatic carbocycles. The zero-order chi connectivity index (χ0) is 13.7. The quantitative estimate of drug-likeness (QED) is 0.803. The first-order valence-corrected chi connectivity index (χ1v) is 6.69. The van der Waals surface area contributed by atoms with E-state index in [-0.39, 0.29) is 11.8 Å². The highest BCUT2D eigenvalue weighted by atomic mass is 16.2. The summed E-state index contributed by atoms with van der Waals surface area (Å²) in [5.74, 6) is 0.162. The molecule has 1 aromatic heterocycles. The number of carbonyl (C=O) groups excluding carboxylic acids is 2. The molecule has 1 fully saturated rings. The molecular formula is C14H19N3O2. The lowest BCUT2D eigenvalue weighted by Crippen LogP contribution is -2.37.